The van der Waals surface area contributed by atoms with Crippen LogP contribution in [0, 0.1) is 0 Å². The van der Waals surface area contributed by atoms with Crippen molar-refractivity contribution in [3.05, 3.63) is 79.4 Å². The highest BCUT2D eigenvalue weighted by Crippen LogP contribution is 2.35. The smallest absolute Gasteiger partial charge is 0.330 e. The molecule has 168 valence electrons. The summed E-state index contributed by atoms with van der Waals surface area (Å²) < 4.78 is 17.4. The first-order valence-electron chi connectivity index (χ1n) is 9.77. The molecule has 3 rings (SSSR count). The summed E-state index contributed by atoms with van der Waals surface area (Å²) in [6.45, 7) is 1.27. The number of aromatic nitrogens is 2. The number of carbonyl (C=O) groups excluding carboxylic acids is 2. The van der Waals surface area contributed by atoms with Crippen molar-refractivity contribution in [2.24, 2.45) is 5.11 Å². The van der Waals surface area contributed by atoms with Crippen LogP contribution < -0.4 is 11.2 Å². The monoisotopic (exact) mass is 443 g/mol. The average Bonchev–Trinajstić information content (AvgIpc) is 3.08. The van der Waals surface area contributed by atoms with Crippen molar-refractivity contribution in [3.8, 4) is 0 Å². The molecule has 0 unspecified atom stereocenters. The standard InChI is InChI=1S/C20H21N5O7/c1-12(26)31-18-17(23-24-21)14(32-19(18)25-10-9-15(27)22-20(25)29)7-8-16(28)30-11-13-5-3-2-4-6-13/h2-6,9-10,14,17-19H,7-8,11H2,1H3,(H,22,27,29)/t14-,17-,18-,19-/m1/s1. The Morgan fingerprint density at radius 2 is 2.00 bits per heavy atom. The van der Waals surface area contributed by atoms with Gasteiger partial charge in [0.25, 0.3) is 5.56 Å². The van der Waals surface area contributed by atoms with Crippen molar-refractivity contribution in [2.75, 3.05) is 0 Å². The molecule has 2 heterocycles. The van der Waals surface area contributed by atoms with E-state index in [-0.39, 0.29) is 19.4 Å². The zero-order valence-corrected chi connectivity index (χ0v) is 17.1. The van der Waals surface area contributed by atoms with Gasteiger partial charge in [0.15, 0.2) is 12.3 Å². The van der Waals surface area contributed by atoms with E-state index in [1.165, 1.54) is 6.20 Å². The lowest BCUT2D eigenvalue weighted by Gasteiger charge is -2.21. The fraction of sp³-hybridized carbons (Fsp3) is 0.400. The predicted octanol–water partition coefficient (Wildman–Crippen LogP) is 1.57. The first-order chi connectivity index (χ1) is 15.4. The maximum absolute atomic E-state index is 12.2. The third-order valence-corrected chi connectivity index (χ3v) is 4.80. The van der Waals surface area contributed by atoms with Gasteiger partial charge in [-0.3, -0.25) is 23.9 Å². The molecule has 0 amide bonds. The molecule has 1 aliphatic heterocycles. The number of carbonyl (C=O) groups is 2. The summed E-state index contributed by atoms with van der Waals surface area (Å²) in [7, 11) is 0. The summed E-state index contributed by atoms with van der Waals surface area (Å²) in [4.78, 5) is 52.3. The molecule has 0 spiro atoms. The molecule has 12 heteroatoms. The van der Waals surface area contributed by atoms with Gasteiger partial charge >= 0.3 is 17.6 Å². The average molecular weight is 443 g/mol. The summed E-state index contributed by atoms with van der Waals surface area (Å²) >= 11 is 0. The predicted molar refractivity (Wildman–Crippen MR) is 109 cm³/mol. The van der Waals surface area contributed by atoms with E-state index in [9.17, 15) is 19.2 Å². The lowest BCUT2D eigenvalue weighted by atomic mass is 10.0. The van der Waals surface area contributed by atoms with Gasteiger partial charge < -0.3 is 14.2 Å². The fourth-order valence-corrected chi connectivity index (χ4v) is 3.40. The number of aromatic amines is 1. The Hall–Kier alpha value is -3.89. The lowest BCUT2D eigenvalue weighted by molar-refractivity contribution is -0.152. The topological polar surface area (TPSA) is 165 Å². The quantitative estimate of drug-likeness (QED) is 0.280. The third-order valence-electron chi connectivity index (χ3n) is 4.80. The number of H-pyrrole nitrogens is 1. The number of nitrogens with zero attached hydrogens (tertiary/aromatic N) is 4. The first kappa shape index (κ1) is 22.8. The van der Waals surface area contributed by atoms with Gasteiger partial charge in [0.2, 0.25) is 0 Å². The van der Waals surface area contributed by atoms with Crippen molar-refractivity contribution >= 4 is 11.9 Å². The minimum atomic E-state index is -1.16. The van der Waals surface area contributed by atoms with Crippen LogP contribution in [-0.2, 0) is 30.4 Å². The number of benzene rings is 1. The van der Waals surface area contributed by atoms with Crippen LogP contribution >= 0.6 is 0 Å². The normalized spacial score (nSPS) is 22.0. The van der Waals surface area contributed by atoms with Crippen LogP contribution in [0.4, 0.5) is 0 Å². The molecule has 0 saturated carbocycles. The molecule has 1 aromatic carbocycles. The molecule has 2 aromatic rings. The Labute approximate surface area is 181 Å². The molecule has 1 saturated heterocycles. The molecule has 12 nitrogen and oxygen atoms in total. The van der Waals surface area contributed by atoms with Crippen LogP contribution in [0.15, 0.2) is 57.3 Å². The molecule has 1 N–H and O–H groups in total. The maximum atomic E-state index is 12.2. The Kier molecular flexibility index (Phi) is 7.42. The van der Waals surface area contributed by atoms with Gasteiger partial charge in [-0.25, -0.2) is 4.79 Å². The van der Waals surface area contributed by atoms with E-state index in [0.717, 1.165) is 23.1 Å². The number of esters is 2. The van der Waals surface area contributed by atoms with E-state index in [1.54, 1.807) is 0 Å². The van der Waals surface area contributed by atoms with Crippen LogP contribution in [0.5, 0.6) is 0 Å². The number of nitrogens with one attached hydrogen (secondary N) is 1. The second kappa shape index (κ2) is 10.4. The van der Waals surface area contributed by atoms with Crippen LogP contribution in [0.3, 0.4) is 0 Å². The number of azide groups is 1. The van der Waals surface area contributed by atoms with Crippen molar-refractivity contribution in [1.29, 1.82) is 0 Å². The van der Waals surface area contributed by atoms with Crippen LogP contribution in [-0.4, -0.2) is 39.7 Å². The zero-order chi connectivity index (χ0) is 23.1. The number of hydrogen-bond donors (Lipinski definition) is 1. The Morgan fingerprint density at radius 1 is 1.25 bits per heavy atom. The first-order valence-corrected chi connectivity index (χ1v) is 9.77. The number of hydrogen-bond acceptors (Lipinski definition) is 8. The van der Waals surface area contributed by atoms with Crippen molar-refractivity contribution in [2.45, 2.75) is 50.8 Å². The molecule has 0 aliphatic carbocycles. The zero-order valence-electron chi connectivity index (χ0n) is 17.1. The highest BCUT2D eigenvalue weighted by Gasteiger charge is 2.47. The van der Waals surface area contributed by atoms with Crippen LogP contribution in [0.2, 0.25) is 0 Å². The molecular formula is C20H21N5O7. The van der Waals surface area contributed by atoms with Gasteiger partial charge in [0.1, 0.15) is 12.6 Å². The van der Waals surface area contributed by atoms with Gasteiger partial charge in [-0.2, -0.15) is 0 Å². The lowest BCUT2D eigenvalue weighted by Crippen LogP contribution is -2.39. The Bertz CT molecular complexity index is 1120. The van der Waals surface area contributed by atoms with E-state index in [0.29, 0.717) is 0 Å². The van der Waals surface area contributed by atoms with Crippen molar-refractivity contribution in [1.82, 2.24) is 9.55 Å². The highest BCUT2D eigenvalue weighted by atomic mass is 16.6. The minimum Gasteiger partial charge on any atom is -0.461 e. The van der Waals surface area contributed by atoms with Crippen molar-refractivity contribution in [3.63, 3.8) is 0 Å². The summed E-state index contributed by atoms with van der Waals surface area (Å²) in [5.74, 6) is -1.17. The largest absolute Gasteiger partial charge is 0.461 e. The third kappa shape index (κ3) is 5.62. The summed E-state index contributed by atoms with van der Waals surface area (Å²) in [5.41, 5.74) is 8.41. The molecular weight excluding hydrogens is 422 g/mol. The van der Waals surface area contributed by atoms with E-state index < -0.39 is 47.7 Å². The molecule has 32 heavy (non-hydrogen) atoms. The summed E-state index contributed by atoms with van der Waals surface area (Å²) in [6, 6.07) is 9.24. The van der Waals surface area contributed by atoms with E-state index >= 15 is 0 Å². The maximum Gasteiger partial charge on any atom is 0.330 e. The molecule has 0 bridgehead atoms. The van der Waals surface area contributed by atoms with Gasteiger partial charge in [-0.1, -0.05) is 35.4 Å². The van der Waals surface area contributed by atoms with E-state index in [1.807, 2.05) is 30.3 Å². The van der Waals surface area contributed by atoms with Gasteiger partial charge in [-0.15, -0.1) is 0 Å². The second-order valence-electron chi connectivity index (χ2n) is 7.04. The Balaban J connectivity index is 1.74. The number of rotatable bonds is 8. The fourth-order valence-electron chi connectivity index (χ4n) is 3.40. The van der Waals surface area contributed by atoms with Gasteiger partial charge in [0, 0.05) is 30.5 Å². The van der Waals surface area contributed by atoms with Gasteiger partial charge in [-0.05, 0) is 17.5 Å². The van der Waals surface area contributed by atoms with Crippen LogP contribution in [0.1, 0.15) is 31.6 Å². The van der Waals surface area contributed by atoms with Gasteiger partial charge in [0.05, 0.1) is 6.10 Å². The minimum absolute atomic E-state index is 0.0605. The summed E-state index contributed by atoms with van der Waals surface area (Å²) in [6.07, 6.45) is -1.94. The molecule has 1 aliphatic rings. The molecule has 1 aromatic heterocycles. The SMILES string of the molecule is CC(=O)O[C@@H]1[C@H](N=[N+]=[N-])[C@@H](CCC(=O)OCc2ccccc2)O[C@H]1n1ccc(=O)[nH]c1=O. The summed E-state index contributed by atoms with van der Waals surface area (Å²) in [5, 5.41) is 3.67. The van der Waals surface area contributed by atoms with E-state index in [4.69, 9.17) is 19.7 Å². The Morgan fingerprint density at radius 3 is 2.66 bits per heavy atom. The second-order valence-corrected chi connectivity index (χ2v) is 7.04. The highest BCUT2D eigenvalue weighted by molar-refractivity contribution is 5.69. The van der Waals surface area contributed by atoms with Crippen LogP contribution in [0.25, 0.3) is 10.4 Å². The van der Waals surface area contributed by atoms with Crippen molar-refractivity contribution < 1.29 is 23.8 Å². The molecule has 1 fully saturated rings. The molecule has 0 radical (unpaired) electrons. The van der Waals surface area contributed by atoms with E-state index in [2.05, 4.69) is 15.0 Å². The molecule has 4 atom stereocenters. The number of ether oxygens (including phenoxy) is 3.